The van der Waals surface area contributed by atoms with Crippen LogP contribution in [-0.4, -0.2) is 16.2 Å². The Morgan fingerprint density at radius 3 is 2.27 bits per heavy atom. The van der Waals surface area contributed by atoms with E-state index in [-0.39, 0.29) is 16.7 Å². The van der Waals surface area contributed by atoms with Gasteiger partial charge in [0.2, 0.25) is 0 Å². The molecular weight excluding hydrogens is 194 g/mol. The fourth-order valence-electron chi connectivity index (χ4n) is 1.39. The van der Waals surface area contributed by atoms with Crippen LogP contribution < -0.4 is 5.73 Å². The van der Waals surface area contributed by atoms with Crippen molar-refractivity contribution in [2.24, 2.45) is 0 Å². The molecule has 4 N–H and O–H groups in total. The molecule has 0 amide bonds. The monoisotopic (exact) mass is 209 g/mol. The van der Waals surface area contributed by atoms with Gasteiger partial charge in [-0.05, 0) is 17.5 Å². The van der Waals surface area contributed by atoms with Crippen LogP contribution in [0, 0.1) is 0 Å². The van der Waals surface area contributed by atoms with Crippen LogP contribution in [0.15, 0.2) is 12.1 Å². The van der Waals surface area contributed by atoms with E-state index in [0.29, 0.717) is 11.3 Å². The zero-order valence-electron chi connectivity index (χ0n) is 9.03. The molecule has 0 fully saturated rings. The molecule has 1 aromatic carbocycles. The van der Waals surface area contributed by atoms with Gasteiger partial charge in [-0.1, -0.05) is 20.8 Å². The first-order chi connectivity index (χ1) is 6.73. The molecule has 0 bridgehead atoms. The number of benzene rings is 1. The van der Waals surface area contributed by atoms with E-state index in [2.05, 4.69) is 0 Å². The highest BCUT2D eigenvalue weighted by Gasteiger charge is 2.23. The van der Waals surface area contributed by atoms with Gasteiger partial charge in [0, 0.05) is 11.3 Å². The fraction of sp³-hybridized carbons (Fsp3) is 0.364. The van der Waals surface area contributed by atoms with Crippen LogP contribution in [0.1, 0.15) is 36.7 Å². The largest absolute Gasteiger partial charge is 0.507 e. The van der Waals surface area contributed by atoms with Gasteiger partial charge in [-0.25, -0.2) is 4.79 Å². The van der Waals surface area contributed by atoms with Crippen molar-refractivity contribution >= 4 is 11.7 Å². The van der Waals surface area contributed by atoms with Crippen molar-refractivity contribution in [2.45, 2.75) is 26.2 Å². The number of nitrogens with two attached hydrogens (primary N) is 1. The minimum Gasteiger partial charge on any atom is -0.507 e. The topological polar surface area (TPSA) is 83.6 Å². The maximum atomic E-state index is 10.8. The SMILES string of the molecule is CC(C)(C)c1cc(N)cc(C(=O)O)c1O. The Hall–Kier alpha value is -1.71. The van der Waals surface area contributed by atoms with Crippen LogP contribution in [0.2, 0.25) is 0 Å². The van der Waals surface area contributed by atoms with Crippen molar-refractivity contribution in [3.05, 3.63) is 23.3 Å². The number of aromatic hydroxyl groups is 1. The number of nitrogen functional groups attached to an aromatic ring is 1. The Balaban J connectivity index is 3.49. The van der Waals surface area contributed by atoms with Crippen LogP contribution in [0.4, 0.5) is 5.69 Å². The van der Waals surface area contributed by atoms with Gasteiger partial charge in [-0.2, -0.15) is 0 Å². The van der Waals surface area contributed by atoms with E-state index in [1.54, 1.807) is 6.07 Å². The molecule has 0 aliphatic rings. The molecule has 0 spiro atoms. The van der Waals surface area contributed by atoms with Crippen molar-refractivity contribution in [1.82, 2.24) is 0 Å². The average Bonchev–Trinajstić information content (AvgIpc) is 2.06. The number of hydrogen-bond acceptors (Lipinski definition) is 3. The van der Waals surface area contributed by atoms with Crippen LogP contribution >= 0.6 is 0 Å². The van der Waals surface area contributed by atoms with Crippen molar-refractivity contribution in [2.75, 3.05) is 5.73 Å². The summed E-state index contributed by atoms with van der Waals surface area (Å²) in [5, 5.41) is 18.6. The molecule has 1 aromatic rings. The second-order valence-electron chi connectivity index (χ2n) is 4.52. The van der Waals surface area contributed by atoms with Gasteiger partial charge in [0.1, 0.15) is 11.3 Å². The molecule has 0 aliphatic heterocycles. The molecule has 15 heavy (non-hydrogen) atoms. The molecule has 4 heteroatoms. The van der Waals surface area contributed by atoms with Crippen LogP contribution in [0.25, 0.3) is 0 Å². The van der Waals surface area contributed by atoms with Gasteiger partial charge in [0.05, 0.1) is 0 Å². The maximum absolute atomic E-state index is 10.8. The molecule has 0 heterocycles. The number of rotatable bonds is 1. The van der Waals surface area contributed by atoms with E-state index < -0.39 is 5.97 Å². The molecule has 0 radical (unpaired) electrons. The summed E-state index contributed by atoms with van der Waals surface area (Å²) < 4.78 is 0. The zero-order chi connectivity index (χ0) is 11.8. The number of phenols is 1. The fourth-order valence-corrected chi connectivity index (χ4v) is 1.39. The lowest BCUT2D eigenvalue weighted by molar-refractivity contribution is 0.0693. The number of carbonyl (C=O) groups is 1. The minimum atomic E-state index is -1.18. The van der Waals surface area contributed by atoms with Crippen molar-refractivity contribution in [3.63, 3.8) is 0 Å². The lowest BCUT2D eigenvalue weighted by atomic mass is 9.85. The maximum Gasteiger partial charge on any atom is 0.339 e. The molecule has 4 nitrogen and oxygen atoms in total. The Morgan fingerprint density at radius 1 is 1.33 bits per heavy atom. The highest BCUT2D eigenvalue weighted by atomic mass is 16.4. The Bertz CT molecular complexity index is 405. The van der Waals surface area contributed by atoms with Gasteiger partial charge in [0.25, 0.3) is 0 Å². The zero-order valence-corrected chi connectivity index (χ0v) is 9.03. The molecule has 82 valence electrons. The minimum absolute atomic E-state index is 0.153. The molecule has 0 saturated heterocycles. The van der Waals surface area contributed by atoms with Crippen LogP contribution in [-0.2, 0) is 5.41 Å². The first-order valence-corrected chi connectivity index (χ1v) is 4.59. The molecule has 0 unspecified atom stereocenters. The Morgan fingerprint density at radius 2 is 1.87 bits per heavy atom. The van der Waals surface area contributed by atoms with E-state index in [4.69, 9.17) is 10.8 Å². The van der Waals surface area contributed by atoms with Crippen LogP contribution in [0.5, 0.6) is 5.75 Å². The summed E-state index contributed by atoms with van der Waals surface area (Å²) in [4.78, 5) is 10.8. The van der Waals surface area contributed by atoms with E-state index in [1.165, 1.54) is 6.07 Å². The molecule has 0 atom stereocenters. The first kappa shape index (κ1) is 11.4. The molecular formula is C11H15NO3. The quantitative estimate of drug-likeness (QED) is 0.487. The van der Waals surface area contributed by atoms with Gasteiger partial charge in [-0.3, -0.25) is 0 Å². The highest BCUT2D eigenvalue weighted by molar-refractivity contribution is 5.92. The summed E-state index contributed by atoms with van der Waals surface area (Å²) in [5.41, 5.74) is 5.98. The van der Waals surface area contributed by atoms with E-state index >= 15 is 0 Å². The summed E-state index contributed by atoms with van der Waals surface area (Å²) in [6.07, 6.45) is 0. The van der Waals surface area contributed by atoms with E-state index in [0.717, 1.165) is 0 Å². The third-order valence-electron chi connectivity index (χ3n) is 2.17. The Kier molecular flexibility index (Phi) is 2.62. The van der Waals surface area contributed by atoms with Crippen molar-refractivity contribution in [1.29, 1.82) is 0 Å². The third kappa shape index (κ3) is 2.21. The summed E-state index contributed by atoms with van der Waals surface area (Å²) in [5.74, 6) is -1.38. The summed E-state index contributed by atoms with van der Waals surface area (Å²) in [6, 6.07) is 2.86. The second-order valence-corrected chi connectivity index (χ2v) is 4.52. The van der Waals surface area contributed by atoms with E-state index in [9.17, 15) is 9.90 Å². The smallest absolute Gasteiger partial charge is 0.339 e. The number of anilines is 1. The Labute approximate surface area is 88.3 Å². The predicted octanol–water partition coefficient (Wildman–Crippen LogP) is 1.97. The summed E-state index contributed by atoms with van der Waals surface area (Å²) >= 11 is 0. The molecule has 0 saturated carbocycles. The van der Waals surface area contributed by atoms with Crippen molar-refractivity contribution in [3.8, 4) is 5.75 Å². The molecule has 0 aliphatic carbocycles. The predicted molar refractivity (Wildman–Crippen MR) is 58.2 cm³/mol. The summed E-state index contributed by atoms with van der Waals surface area (Å²) in [7, 11) is 0. The lowest BCUT2D eigenvalue weighted by Crippen LogP contribution is -2.14. The highest BCUT2D eigenvalue weighted by Crippen LogP contribution is 2.35. The molecule has 0 aromatic heterocycles. The normalized spacial score (nSPS) is 11.4. The number of carboxylic acids is 1. The first-order valence-electron chi connectivity index (χ1n) is 4.59. The number of hydrogen-bond donors (Lipinski definition) is 3. The molecule has 1 rings (SSSR count). The number of aromatic carboxylic acids is 1. The van der Waals surface area contributed by atoms with Crippen LogP contribution in [0.3, 0.4) is 0 Å². The van der Waals surface area contributed by atoms with Gasteiger partial charge in [0.15, 0.2) is 0 Å². The summed E-state index contributed by atoms with van der Waals surface area (Å²) in [6.45, 7) is 5.65. The standard InChI is InChI=1S/C11H15NO3/c1-11(2,3)8-5-6(12)4-7(9(8)13)10(14)15/h4-5,13H,12H2,1-3H3,(H,14,15). The second kappa shape index (κ2) is 3.46. The third-order valence-corrected chi connectivity index (χ3v) is 2.17. The van der Waals surface area contributed by atoms with Gasteiger partial charge in [-0.15, -0.1) is 0 Å². The van der Waals surface area contributed by atoms with Gasteiger partial charge >= 0.3 is 5.97 Å². The lowest BCUT2D eigenvalue weighted by Gasteiger charge is -2.21. The van der Waals surface area contributed by atoms with Gasteiger partial charge < -0.3 is 15.9 Å². The number of carboxylic acid groups (broad SMARTS) is 1. The van der Waals surface area contributed by atoms with Crippen molar-refractivity contribution < 1.29 is 15.0 Å². The average molecular weight is 209 g/mol. The van der Waals surface area contributed by atoms with E-state index in [1.807, 2.05) is 20.8 Å².